The normalized spacial score (nSPS) is 10.5. The third kappa shape index (κ3) is 3.07. The van der Waals surface area contributed by atoms with Crippen molar-refractivity contribution in [2.75, 3.05) is 7.11 Å². The third-order valence-electron chi connectivity index (χ3n) is 2.45. The quantitative estimate of drug-likeness (QED) is 0.767. The molecular weight excluding hydrogens is 300 g/mol. The molecule has 0 amide bonds. The number of halogens is 1. The van der Waals surface area contributed by atoms with Crippen molar-refractivity contribution in [1.82, 2.24) is 0 Å². The SMILES string of the molecule is COc1ccc(Br)c(CSc2ccoc2C)c1. The summed E-state index contributed by atoms with van der Waals surface area (Å²) in [6.45, 7) is 1.98. The van der Waals surface area contributed by atoms with Crippen LogP contribution >= 0.6 is 27.7 Å². The van der Waals surface area contributed by atoms with Gasteiger partial charge >= 0.3 is 0 Å². The summed E-state index contributed by atoms with van der Waals surface area (Å²) in [5.41, 5.74) is 1.22. The smallest absolute Gasteiger partial charge is 0.119 e. The molecule has 0 saturated heterocycles. The molecule has 1 aromatic heterocycles. The standard InChI is InChI=1S/C13H13BrO2S/c1-9-13(5-6-16-9)17-8-10-7-11(15-2)3-4-12(10)14/h3-7H,8H2,1-2H3. The molecule has 0 bridgehead atoms. The van der Waals surface area contributed by atoms with Crippen LogP contribution in [-0.2, 0) is 5.75 Å². The Balaban J connectivity index is 2.11. The molecule has 0 aliphatic rings. The molecule has 2 nitrogen and oxygen atoms in total. The first kappa shape index (κ1) is 12.6. The van der Waals surface area contributed by atoms with Crippen molar-refractivity contribution in [3.05, 3.63) is 46.3 Å². The lowest BCUT2D eigenvalue weighted by Gasteiger charge is -2.06. The van der Waals surface area contributed by atoms with Gasteiger partial charge in [-0.3, -0.25) is 0 Å². The van der Waals surface area contributed by atoms with Crippen molar-refractivity contribution >= 4 is 27.7 Å². The highest BCUT2D eigenvalue weighted by molar-refractivity contribution is 9.10. The lowest BCUT2D eigenvalue weighted by molar-refractivity contribution is 0.414. The summed E-state index contributed by atoms with van der Waals surface area (Å²) in [4.78, 5) is 1.18. The fraction of sp³-hybridized carbons (Fsp3) is 0.231. The minimum Gasteiger partial charge on any atom is -0.497 e. The number of hydrogen-bond donors (Lipinski definition) is 0. The number of furan rings is 1. The summed E-state index contributed by atoms with van der Waals surface area (Å²) < 4.78 is 11.6. The van der Waals surface area contributed by atoms with E-state index >= 15 is 0 Å². The van der Waals surface area contributed by atoms with Crippen LogP contribution in [0.2, 0.25) is 0 Å². The van der Waals surface area contributed by atoms with Crippen LogP contribution in [0.4, 0.5) is 0 Å². The minimum absolute atomic E-state index is 0.882. The lowest BCUT2D eigenvalue weighted by atomic mass is 10.2. The second-order valence-corrected chi connectivity index (χ2v) is 5.46. The highest BCUT2D eigenvalue weighted by Crippen LogP contribution is 2.31. The van der Waals surface area contributed by atoms with Gasteiger partial charge in [-0.1, -0.05) is 15.9 Å². The molecule has 0 aliphatic carbocycles. The fourth-order valence-corrected chi connectivity index (χ4v) is 2.99. The van der Waals surface area contributed by atoms with Crippen molar-refractivity contribution in [1.29, 1.82) is 0 Å². The first-order chi connectivity index (χ1) is 8.20. The second kappa shape index (κ2) is 5.65. The zero-order valence-electron chi connectivity index (χ0n) is 9.70. The van der Waals surface area contributed by atoms with Crippen molar-refractivity contribution in [2.24, 2.45) is 0 Å². The Kier molecular flexibility index (Phi) is 4.18. The van der Waals surface area contributed by atoms with Gasteiger partial charge in [-0.15, -0.1) is 11.8 Å². The summed E-state index contributed by atoms with van der Waals surface area (Å²) in [6.07, 6.45) is 1.72. The van der Waals surface area contributed by atoms with Crippen LogP contribution in [0.25, 0.3) is 0 Å². The van der Waals surface area contributed by atoms with E-state index in [9.17, 15) is 0 Å². The van der Waals surface area contributed by atoms with Gasteiger partial charge in [0.15, 0.2) is 0 Å². The highest BCUT2D eigenvalue weighted by atomic mass is 79.9. The van der Waals surface area contributed by atoms with Gasteiger partial charge in [0, 0.05) is 15.1 Å². The molecule has 0 spiro atoms. The van der Waals surface area contributed by atoms with Crippen molar-refractivity contribution < 1.29 is 9.15 Å². The fourth-order valence-electron chi connectivity index (χ4n) is 1.47. The van der Waals surface area contributed by atoms with Gasteiger partial charge in [0.1, 0.15) is 11.5 Å². The van der Waals surface area contributed by atoms with E-state index in [1.54, 1.807) is 25.1 Å². The molecule has 0 fully saturated rings. The predicted octanol–water partition coefficient (Wildman–Crippen LogP) is 4.65. The summed E-state index contributed by atoms with van der Waals surface area (Å²) in [6, 6.07) is 8.00. The number of aryl methyl sites for hydroxylation is 1. The van der Waals surface area contributed by atoms with E-state index in [1.807, 2.05) is 31.2 Å². The van der Waals surface area contributed by atoms with E-state index in [-0.39, 0.29) is 0 Å². The van der Waals surface area contributed by atoms with Crippen LogP contribution in [0.1, 0.15) is 11.3 Å². The van der Waals surface area contributed by atoms with Crippen LogP contribution in [-0.4, -0.2) is 7.11 Å². The summed E-state index contributed by atoms with van der Waals surface area (Å²) in [5.74, 6) is 2.74. The Hall–Kier alpha value is -0.870. The van der Waals surface area contributed by atoms with Gasteiger partial charge in [0.2, 0.25) is 0 Å². The zero-order chi connectivity index (χ0) is 12.3. The Morgan fingerprint density at radius 1 is 1.35 bits per heavy atom. The molecule has 2 rings (SSSR count). The molecule has 1 heterocycles. The molecule has 90 valence electrons. The molecule has 1 aromatic carbocycles. The molecule has 2 aromatic rings. The zero-order valence-corrected chi connectivity index (χ0v) is 12.1. The second-order valence-electron chi connectivity index (χ2n) is 3.59. The molecule has 0 N–H and O–H groups in total. The van der Waals surface area contributed by atoms with Gasteiger partial charge in [0.05, 0.1) is 13.4 Å². The average molecular weight is 313 g/mol. The van der Waals surface area contributed by atoms with Crippen molar-refractivity contribution in [3.63, 3.8) is 0 Å². The number of benzene rings is 1. The molecule has 17 heavy (non-hydrogen) atoms. The first-order valence-electron chi connectivity index (χ1n) is 5.20. The van der Waals surface area contributed by atoms with E-state index in [4.69, 9.17) is 9.15 Å². The Bertz CT molecular complexity index is 508. The van der Waals surface area contributed by atoms with Crippen molar-refractivity contribution in [2.45, 2.75) is 17.6 Å². The lowest BCUT2D eigenvalue weighted by Crippen LogP contribution is -1.87. The highest BCUT2D eigenvalue weighted by Gasteiger charge is 2.06. The monoisotopic (exact) mass is 312 g/mol. The van der Waals surface area contributed by atoms with Crippen molar-refractivity contribution in [3.8, 4) is 5.75 Å². The van der Waals surface area contributed by atoms with Gasteiger partial charge < -0.3 is 9.15 Å². The minimum atomic E-state index is 0.882. The van der Waals surface area contributed by atoms with Gasteiger partial charge in [-0.25, -0.2) is 0 Å². The van der Waals surface area contributed by atoms with Gasteiger partial charge in [0.25, 0.3) is 0 Å². The van der Waals surface area contributed by atoms with Crippen LogP contribution in [0.5, 0.6) is 5.75 Å². The first-order valence-corrected chi connectivity index (χ1v) is 6.98. The van der Waals surface area contributed by atoms with E-state index in [2.05, 4.69) is 15.9 Å². The van der Waals surface area contributed by atoms with E-state index in [0.29, 0.717) is 0 Å². The van der Waals surface area contributed by atoms with Gasteiger partial charge in [-0.2, -0.15) is 0 Å². The third-order valence-corrected chi connectivity index (χ3v) is 4.41. The van der Waals surface area contributed by atoms with E-state index < -0.39 is 0 Å². The summed E-state index contributed by atoms with van der Waals surface area (Å²) >= 11 is 5.31. The Morgan fingerprint density at radius 2 is 2.18 bits per heavy atom. The number of hydrogen-bond acceptors (Lipinski definition) is 3. The molecule has 4 heteroatoms. The maximum absolute atomic E-state index is 5.27. The van der Waals surface area contributed by atoms with Crippen LogP contribution in [0.15, 0.2) is 44.3 Å². The van der Waals surface area contributed by atoms with Crippen LogP contribution in [0.3, 0.4) is 0 Å². The molecular formula is C13H13BrO2S. The van der Waals surface area contributed by atoms with Crippen LogP contribution in [0, 0.1) is 6.92 Å². The topological polar surface area (TPSA) is 22.4 Å². The predicted molar refractivity (Wildman–Crippen MR) is 73.7 cm³/mol. The van der Waals surface area contributed by atoms with E-state index in [0.717, 1.165) is 21.7 Å². The molecule has 0 saturated carbocycles. The Morgan fingerprint density at radius 3 is 2.82 bits per heavy atom. The molecule has 0 aliphatic heterocycles. The molecule has 0 radical (unpaired) electrons. The number of rotatable bonds is 4. The molecule has 0 unspecified atom stereocenters. The number of methoxy groups -OCH3 is 1. The maximum Gasteiger partial charge on any atom is 0.119 e. The number of ether oxygens (including phenoxy) is 1. The largest absolute Gasteiger partial charge is 0.497 e. The summed E-state index contributed by atoms with van der Waals surface area (Å²) in [7, 11) is 1.68. The maximum atomic E-state index is 5.27. The average Bonchev–Trinajstić information content (AvgIpc) is 2.74. The van der Waals surface area contributed by atoms with Crippen LogP contribution < -0.4 is 4.74 Å². The van der Waals surface area contributed by atoms with E-state index in [1.165, 1.54) is 10.5 Å². The number of thioether (sulfide) groups is 1. The Labute approximate surface area is 113 Å². The summed E-state index contributed by atoms with van der Waals surface area (Å²) in [5, 5.41) is 0. The van der Waals surface area contributed by atoms with Gasteiger partial charge in [-0.05, 0) is 36.8 Å². The molecule has 0 atom stereocenters.